The number of nitrogens with one attached hydrogen (secondary N) is 1. The van der Waals surface area contributed by atoms with Gasteiger partial charge in [0.1, 0.15) is 11.5 Å². The summed E-state index contributed by atoms with van der Waals surface area (Å²) in [6, 6.07) is 2.77. The molecule has 2 atom stereocenters. The number of fused-ring (bicyclic) bond motifs is 4. The lowest BCUT2D eigenvalue weighted by Crippen LogP contribution is -2.50. The van der Waals surface area contributed by atoms with Crippen molar-refractivity contribution >= 4 is 5.91 Å². The van der Waals surface area contributed by atoms with Gasteiger partial charge in [-0.3, -0.25) is 14.9 Å². The molecule has 5 heterocycles. The van der Waals surface area contributed by atoms with Gasteiger partial charge < -0.3 is 4.90 Å². The summed E-state index contributed by atoms with van der Waals surface area (Å²) in [7, 11) is 0. The number of rotatable bonds is 2. The number of carbonyl (C=O) groups excluding carboxylic acids is 1. The summed E-state index contributed by atoms with van der Waals surface area (Å²) in [6.45, 7) is 3.10. The summed E-state index contributed by atoms with van der Waals surface area (Å²) in [5.41, 5.74) is 2.16. The van der Waals surface area contributed by atoms with Gasteiger partial charge in [0.25, 0.3) is 5.91 Å². The number of nitrogens with zero attached hydrogens (tertiary/aromatic N) is 5. The van der Waals surface area contributed by atoms with Crippen LogP contribution in [-0.2, 0) is 12.6 Å². The highest BCUT2D eigenvalue weighted by Crippen LogP contribution is 2.44. The van der Waals surface area contributed by atoms with E-state index in [9.17, 15) is 18.0 Å². The standard InChI is InChI=1S/C22H21F3N6O/c1-11-14(6-8-26-20(11)22(23,24)25)21(32)31-13-4-3-5-17(31)19-15(10-13)18(28-12(2)29-19)16-7-9-27-30-16/h6-9,13,17H,3-5,10H2,1-2H3,(H,27,30). The molecule has 32 heavy (non-hydrogen) atoms. The van der Waals surface area contributed by atoms with E-state index in [1.54, 1.807) is 18.0 Å². The summed E-state index contributed by atoms with van der Waals surface area (Å²) >= 11 is 0. The van der Waals surface area contributed by atoms with Crippen LogP contribution in [0.5, 0.6) is 0 Å². The van der Waals surface area contributed by atoms with Crippen molar-refractivity contribution in [3.05, 3.63) is 58.4 Å². The maximum atomic E-state index is 13.6. The Kier molecular flexibility index (Phi) is 4.75. The van der Waals surface area contributed by atoms with Gasteiger partial charge in [-0.15, -0.1) is 0 Å². The summed E-state index contributed by atoms with van der Waals surface area (Å²) in [5.74, 6) is 0.166. The van der Waals surface area contributed by atoms with Crippen molar-refractivity contribution in [1.82, 2.24) is 30.0 Å². The molecular formula is C22H21F3N6O. The quantitative estimate of drug-likeness (QED) is 0.643. The van der Waals surface area contributed by atoms with Crippen LogP contribution in [0.2, 0.25) is 0 Å². The average molecular weight is 442 g/mol. The molecule has 1 amide bonds. The summed E-state index contributed by atoms with van der Waals surface area (Å²) in [6.07, 6.45) is 1.03. The van der Waals surface area contributed by atoms with Crippen molar-refractivity contribution in [2.24, 2.45) is 0 Å². The molecule has 1 fully saturated rings. The fraction of sp³-hybridized carbons (Fsp3) is 0.409. The van der Waals surface area contributed by atoms with Gasteiger partial charge in [0.05, 0.1) is 23.1 Å². The van der Waals surface area contributed by atoms with Crippen LogP contribution >= 0.6 is 0 Å². The summed E-state index contributed by atoms with van der Waals surface area (Å²) < 4.78 is 40.1. The third-order valence-corrected chi connectivity index (χ3v) is 6.34. The molecule has 0 saturated carbocycles. The molecule has 1 N–H and O–H groups in total. The molecule has 1 saturated heterocycles. The maximum absolute atomic E-state index is 13.6. The molecule has 3 aromatic heterocycles. The molecule has 7 nitrogen and oxygen atoms in total. The van der Waals surface area contributed by atoms with Crippen molar-refractivity contribution < 1.29 is 18.0 Å². The average Bonchev–Trinajstić information content (AvgIpc) is 3.27. The minimum absolute atomic E-state index is 0.0345. The number of pyridine rings is 1. The van der Waals surface area contributed by atoms with Gasteiger partial charge in [0.2, 0.25) is 0 Å². The highest BCUT2D eigenvalue weighted by Gasteiger charge is 2.44. The fourth-order valence-electron chi connectivity index (χ4n) is 4.99. The van der Waals surface area contributed by atoms with Crippen molar-refractivity contribution in [2.75, 3.05) is 0 Å². The van der Waals surface area contributed by atoms with Crippen molar-refractivity contribution in [2.45, 2.75) is 57.8 Å². The molecule has 0 aromatic carbocycles. The number of hydrogen-bond acceptors (Lipinski definition) is 5. The van der Waals surface area contributed by atoms with E-state index in [1.807, 2.05) is 6.07 Å². The van der Waals surface area contributed by atoms with Crippen molar-refractivity contribution in [3.63, 3.8) is 0 Å². The second-order valence-corrected chi connectivity index (χ2v) is 8.30. The van der Waals surface area contributed by atoms with E-state index >= 15 is 0 Å². The number of aromatic nitrogens is 5. The zero-order chi connectivity index (χ0) is 22.6. The predicted octanol–water partition coefficient (Wildman–Crippen LogP) is 4.19. The van der Waals surface area contributed by atoms with E-state index in [1.165, 1.54) is 13.0 Å². The number of amides is 1. The Labute approximate surface area is 182 Å². The molecule has 2 bridgehead atoms. The van der Waals surface area contributed by atoms with E-state index in [2.05, 4.69) is 25.1 Å². The molecule has 0 radical (unpaired) electrons. The van der Waals surface area contributed by atoms with E-state index in [4.69, 9.17) is 0 Å². The van der Waals surface area contributed by atoms with Gasteiger partial charge in [-0.25, -0.2) is 9.97 Å². The highest BCUT2D eigenvalue weighted by molar-refractivity contribution is 5.96. The van der Waals surface area contributed by atoms with Gasteiger partial charge in [0.15, 0.2) is 0 Å². The third kappa shape index (κ3) is 3.25. The molecule has 0 aliphatic carbocycles. The lowest BCUT2D eigenvalue weighted by atomic mass is 9.81. The van der Waals surface area contributed by atoms with Crippen LogP contribution in [0.1, 0.15) is 64.0 Å². The molecule has 2 unspecified atom stereocenters. The van der Waals surface area contributed by atoms with E-state index in [0.717, 1.165) is 41.7 Å². The van der Waals surface area contributed by atoms with E-state index < -0.39 is 17.8 Å². The number of piperidine rings is 1. The molecular weight excluding hydrogens is 421 g/mol. The monoisotopic (exact) mass is 442 g/mol. The van der Waals surface area contributed by atoms with Gasteiger partial charge >= 0.3 is 6.18 Å². The Bertz CT molecular complexity index is 1190. The maximum Gasteiger partial charge on any atom is 0.433 e. The SMILES string of the molecule is Cc1nc(-c2ccn[nH]2)c2c(n1)C1CCCC(C2)N1C(=O)c1ccnc(C(F)(F)F)c1C. The summed E-state index contributed by atoms with van der Waals surface area (Å²) in [4.78, 5) is 28.1. The predicted molar refractivity (Wildman–Crippen MR) is 109 cm³/mol. The number of alkyl halides is 3. The first kappa shape index (κ1) is 20.6. The second-order valence-electron chi connectivity index (χ2n) is 8.30. The molecule has 10 heteroatoms. The van der Waals surface area contributed by atoms with Crippen LogP contribution in [0.3, 0.4) is 0 Å². The Hall–Kier alpha value is -3.30. The number of hydrogen-bond donors (Lipinski definition) is 1. The van der Waals surface area contributed by atoms with Crippen LogP contribution in [0.4, 0.5) is 13.2 Å². The summed E-state index contributed by atoms with van der Waals surface area (Å²) in [5, 5.41) is 6.97. The van der Waals surface area contributed by atoms with Crippen molar-refractivity contribution in [3.8, 4) is 11.4 Å². The smallest absolute Gasteiger partial charge is 0.327 e. The Morgan fingerprint density at radius 3 is 2.69 bits per heavy atom. The molecule has 0 spiro atoms. The lowest BCUT2D eigenvalue weighted by Gasteiger charge is -2.46. The number of halogens is 3. The normalized spacial score (nSPS) is 20.2. The van der Waals surface area contributed by atoms with Gasteiger partial charge in [0, 0.05) is 29.6 Å². The molecule has 166 valence electrons. The topological polar surface area (TPSA) is 87.7 Å². The number of aromatic amines is 1. The Balaban J connectivity index is 1.60. The minimum Gasteiger partial charge on any atom is -0.327 e. The number of carbonyl (C=O) groups is 1. The molecule has 2 aliphatic heterocycles. The van der Waals surface area contributed by atoms with E-state index in [-0.39, 0.29) is 23.2 Å². The van der Waals surface area contributed by atoms with Crippen molar-refractivity contribution in [1.29, 1.82) is 0 Å². The zero-order valence-electron chi connectivity index (χ0n) is 17.6. The number of H-pyrrole nitrogens is 1. The van der Waals surface area contributed by atoms with Crippen LogP contribution < -0.4 is 0 Å². The minimum atomic E-state index is -4.62. The molecule has 2 aliphatic rings. The molecule has 3 aromatic rings. The largest absolute Gasteiger partial charge is 0.433 e. The van der Waals surface area contributed by atoms with Crippen LogP contribution in [0, 0.1) is 13.8 Å². The molecule has 5 rings (SSSR count). The second kappa shape index (κ2) is 7.39. The van der Waals surface area contributed by atoms with E-state index in [0.29, 0.717) is 18.7 Å². The fourth-order valence-corrected chi connectivity index (χ4v) is 4.99. The van der Waals surface area contributed by atoms with Crippen LogP contribution in [0.15, 0.2) is 24.5 Å². The first-order chi connectivity index (χ1) is 15.3. The van der Waals surface area contributed by atoms with Gasteiger partial charge in [-0.2, -0.15) is 18.3 Å². The Morgan fingerprint density at radius 2 is 1.97 bits per heavy atom. The van der Waals surface area contributed by atoms with Crippen LogP contribution in [0.25, 0.3) is 11.4 Å². The zero-order valence-corrected chi connectivity index (χ0v) is 17.6. The highest BCUT2D eigenvalue weighted by atomic mass is 19.4. The van der Waals surface area contributed by atoms with Gasteiger partial charge in [-0.1, -0.05) is 0 Å². The third-order valence-electron chi connectivity index (χ3n) is 6.34. The first-order valence-corrected chi connectivity index (χ1v) is 10.5. The lowest BCUT2D eigenvalue weighted by molar-refractivity contribution is -0.141. The number of aryl methyl sites for hydroxylation is 1. The Morgan fingerprint density at radius 1 is 1.16 bits per heavy atom. The van der Waals surface area contributed by atoms with Gasteiger partial charge in [-0.05, 0) is 57.2 Å². The van der Waals surface area contributed by atoms with Crippen LogP contribution in [-0.4, -0.2) is 42.0 Å². The first-order valence-electron chi connectivity index (χ1n) is 10.5.